The van der Waals surface area contributed by atoms with Crippen molar-refractivity contribution in [2.75, 3.05) is 11.9 Å². The van der Waals surface area contributed by atoms with Crippen molar-refractivity contribution in [3.8, 4) is 0 Å². The van der Waals surface area contributed by atoms with E-state index in [1.165, 1.54) is 5.39 Å². The normalized spacial score (nSPS) is 12.3. The molecule has 2 aromatic carbocycles. The van der Waals surface area contributed by atoms with Crippen molar-refractivity contribution < 1.29 is 0 Å². The van der Waals surface area contributed by atoms with Gasteiger partial charge >= 0.3 is 0 Å². The van der Waals surface area contributed by atoms with Gasteiger partial charge in [0.2, 0.25) is 0 Å². The number of pyridine rings is 1. The molecular formula is C17H16BrN3. The minimum Gasteiger partial charge on any atom is -0.376 e. The summed E-state index contributed by atoms with van der Waals surface area (Å²) in [6.07, 6.45) is 3.77. The van der Waals surface area contributed by atoms with Crippen molar-refractivity contribution in [3.05, 3.63) is 71.0 Å². The zero-order valence-electron chi connectivity index (χ0n) is 11.5. The number of nitrogens with two attached hydrogens (primary N) is 1. The maximum Gasteiger partial charge on any atom is 0.0657 e. The van der Waals surface area contributed by atoms with E-state index in [4.69, 9.17) is 5.73 Å². The molecule has 4 heteroatoms. The van der Waals surface area contributed by atoms with E-state index in [9.17, 15) is 0 Å². The number of nitrogens with one attached hydrogen (secondary N) is 1. The molecule has 0 saturated heterocycles. The summed E-state index contributed by atoms with van der Waals surface area (Å²) in [5.41, 5.74) is 8.13. The molecule has 3 N–H and O–H groups in total. The van der Waals surface area contributed by atoms with Crippen LogP contribution < -0.4 is 11.1 Å². The van der Waals surface area contributed by atoms with Gasteiger partial charge < -0.3 is 11.1 Å². The molecule has 3 rings (SSSR count). The lowest BCUT2D eigenvalue weighted by molar-refractivity contribution is 0.791. The first-order valence-electron chi connectivity index (χ1n) is 6.83. The molecule has 0 amide bonds. The summed E-state index contributed by atoms with van der Waals surface area (Å²) in [7, 11) is 0. The first-order valence-corrected chi connectivity index (χ1v) is 7.62. The second kappa shape index (κ2) is 6.24. The van der Waals surface area contributed by atoms with Crippen LogP contribution in [-0.4, -0.2) is 11.5 Å². The number of hydrogen-bond donors (Lipinski definition) is 2. The van der Waals surface area contributed by atoms with Crippen LogP contribution in [0.1, 0.15) is 11.6 Å². The van der Waals surface area contributed by atoms with E-state index < -0.39 is 0 Å². The molecule has 0 aliphatic heterocycles. The third kappa shape index (κ3) is 2.91. The van der Waals surface area contributed by atoms with Gasteiger partial charge in [0.1, 0.15) is 0 Å². The van der Waals surface area contributed by atoms with Crippen molar-refractivity contribution >= 4 is 32.4 Å². The Morgan fingerprint density at radius 2 is 1.81 bits per heavy atom. The predicted molar refractivity (Wildman–Crippen MR) is 91.3 cm³/mol. The van der Waals surface area contributed by atoms with Gasteiger partial charge in [-0.15, -0.1) is 0 Å². The lowest BCUT2D eigenvalue weighted by Gasteiger charge is -2.20. The Balaban J connectivity index is 2.01. The zero-order valence-corrected chi connectivity index (χ0v) is 13.0. The molecular weight excluding hydrogens is 326 g/mol. The van der Waals surface area contributed by atoms with Crippen molar-refractivity contribution in [2.24, 2.45) is 5.73 Å². The van der Waals surface area contributed by atoms with Crippen LogP contribution in [0, 0.1) is 0 Å². The van der Waals surface area contributed by atoms with Gasteiger partial charge in [0.15, 0.2) is 0 Å². The van der Waals surface area contributed by atoms with E-state index in [0.29, 0.717) is 6.54 Å². The lowest BCUT2D eigenvalue weighted by atomic mass is 10.0. The van der Waals surface area contributed by atoms with E-state index in [1.807, 2.05) is 48.8 Å². The second-order valence-electron chi connectivity index (χ2n) is 4.86. The van der Waals surface area contributed by atoms with Gasteiger partial charge in [-0.05, 0) is 33.4 Å². The van der Waals surface area contributed by atoms with Crippen LogP contribution in [0.5, 0.6) is 0 Å². The van der Waals surface area contributed by atoms with Crippen molar-refractivity contribution in [3.63, 3.8) is 0 Å². The van der Waals surface area contributed by atoms with Crippen LogP contribution in [0.4, 0.5) is 5.69 Å². The molecule has 0 fully saturated rings. The Morgan fingerprint density at radius 1 is 1.05 bits per heavy atom. The third-order valence-corrected chi connectivity index (χ3v) is 4.21. The molecule has 1 unspecified atom stereocenters. The molecule has 0 saturated carbocycles. The van der Waals surface area contributed by atoms with Gasteiger partial charge in [0.05, 0.1) is 6.04 Å². The summed E-state index contributed by atoms with van der Waals surface area (Å²) in [5, 5.41) is 5.80. The number of halogens is 1. The van der Waals surface area contributed by atoms with Crippen LogP contribution in [0.3, 0.4) is 0 Å². The van der Waals surface area contributed by atoms with Crippen LogP contribution in [0.15, 0.2) is 65.4 Å². The highest BCUT2D eigenvalue weighted by Gasteiger charge is 2.14. The minimum atomic E-state index is 0.0160. The fourth-order valence-corrected chi connectivity index (χ4v) is 2.85. The predicted octanol–water partition coefficient (Wildman–Crippen LogP) is 4.11. The van der Waals surface area contributed by atoms with Gasteiger partial charge in [-0.3, -0.25) is 4.98 Å². The van der Waals surface area contributed by atoms with E-state index in [-0.39, 0.29) is 6.04 Å². The van der Waals surface area contributed by atoms with E-state index in [2.05, 4.69) is 38.4 Å². The Kier molecular flexibility index (Phi) is 4.18. The second-order valence-corrected chi connectivity index (χ2v) is 5.72. The lowest BCUT2D eigenvalue weighted by Crippen LogP contribution is -2.21. The largest absolute Gasteiger partial charge is 0.376 e. The maximum absolute atomic E-state index is 5.99. The molecule has 3 aromatic rings. The molecule has 3 nitrogen and oxygen atoms in total. The summed E-state index contributed by atoms with van der Waals surface area (Å²) < 4.78 is 1.02. The van der Waals surface area contributed by atoms with Crippen LogP contribution >= 0.6 is 15.9 Å². The smallest absolute Gasteiger partial charge is 0.0657 e. The molecule has 1 atom stereocenters. The van der Waals surface area contributed by atoms with E-state index >= 15 is 0 Å². The molecule has 0 aliphatic carbocycles. The monoisotopic (exact) mass is 341 g/mol. The third-order valence-electron chi connectivity index (χ3n) is 3.51. The summed E-state index contributed by atoms with van der Waals surface area (Å²) >= 11 is 3.56. The molecule has 0 bridgehead atoms. The Hall–Kier alpha value is -1.91. The van der Waals surface area contributed by atoms with Crippen LogP contribution in [0.25, 0.3) is 10.8 Å². The number of anilines is 1. The SMILES string of the molecule is NCC(Nc1ccccc1Br)c1cncc2ccccc12. The summed E-state index contributed by atoms with van der Waals surface area (Å²) in [6, 6.07) is 16.3. The van der Waals surface area contributed by atoms with Gasteiger partial charge in [0, 0.05) is 40.0 Å². The molecule has 1 aromatic heterocycles. The number of para-hydroxylation sites is 1. The van der Waals surface area contributed by atoms with Crippen molar-refractivity contribution in [2.45, 2.75) is 6.04 Å². The van der Waals surface area contributed by atoms with E-state index in [1.54, 1.807) is 0 Å². The average molecular weight is 342 g/mol. The minimum absolute atomic E-state index is 0.0160. The molecule has 21 heavy (non-hydrogen) atoms. The Morgan fingerprint density at radius 3 is 2.62 bits per heavy atom. The summed E-state index contributed by atoms with van der Waals surface area (Å²) in [4.78, 5) is 4.34. The Labute approximate surface area is 132 Å². The van der Waals surface area contributed by atoms with Gasteiger partial charge in [0.25, 0.3) is 0 Å². The highest BCUT2D eigenvalue weighted by atomic mass is 79.9. The molecule has 106 valence electrons. The number of hydrogen-bond acceptors (Lipinski definition) is 3. The number of fused-ring (bicyclic) bond motifs is 1. The quantitative estimate of drug-likeness (QED) is 0.750. The first-order chi connectivity index (χ1) is 10.3. The average Bonchev–Trinajstić information content (AvgIpc) is 2.54. The molecule has 0 spiro atoms. The van der Waals surface area contributed by atoms with Gasteiger partial charge in [-0.25, -0.2) is 0 Å². The number of nitrogens with zero attached hydrogens (tertiary/aromatic N) is 1. The fraction of sp³-hybridized carbons (Fsp3) is 0.118. The maximum atomic E-state index is 5.99. The number of rotatable bonds is 4. The fourth-order valence-electron chi connectivity index (χ4n) is 2.45. The number of aromatic nitrogens is 1. The van der Waals surface area contributed by atoms with Crippen molar-refractivity contribution in [1.29, 1.82) is 0 Å². The standard InChI is InChI=1S/C17H16BrN3/c18-15-7-3-4-8-16(15)21-17(9-19)14-11-20-10-12-5-1-2-6-13(12)14/h1-8,10-11,17,21H,9,19H2. The first kappa shape index (κ1) is 14.0. The molecule has 0 aliphatic rings. The zero-order chi connectivity index (χ0) is 14.7. The summed E-state index contributed by atoms with van der Waals surface area (Å²) in [6.45, 7) is 0.497. The van der Waals surface area contributed by atoms with Gasteiger partial charge in [-0.2, -0.15) is 0 Å². The number of benzene rings is 2. The van der Waals surface area contributed by atoms with Crippen molar-refractivity contribution in [1.82, 2.24) is 4.98 Å². The molecule has 1 heterocycles. The van der Waals surface area contributed by atoms with Crippen LogP contribution in [-0.2, 0) is 0 Å². The topological polar surface area (TPSA) is 50.9 Å². The summed E-state index contributed by atoms with van der Waals surface area (Å²) in [5.74, 6) is 0. The Bertz CT molecular complexity index is 752. The molecule has 0 radical (unpaired) electrons. The van der Waals surface area contributed by atoms with E-state index in [0.717, 1.165) is 21.1 Å². The highest BCUT2D eigenvalue weighted by molar-refractivity contribution is 9.10. The van der Waals surface area contributed by atoms with Gasteiger partial charge in [-0.1, -0.05) is 36.4 Å². The van der Waals surface area contributed by atoms with Crippen LogP contribution in [0.2, 0.25) is 0 Å². The highest BCUT2D eigenvalue weighted by Crippen LogP contribution is 2.29.